The van der Waals surface area contributed by atoms with Gasteiger partial charge in [0.1, 0.15) is 5.75 Å². The van der Waals surface area contributed by atoms with Crippen molar-refractivity contribution in [1.29, 1.82) is 0 Å². The normalized spacial score (nSPS) is 16.3. The monoisotopic (exact) mass is 349 g/mol. The molecule has 22 heavy (non-hydrogen) atoms. The molecule has 1 aromatic rings. The third-order valence-corrected chi connectivity index (χ3v) is 4.29. The Kier molecular flexibility index (Phi) is 9.85. The summed E-state index contributed by atoms with van der Waals surface area (Å²) in [7, 11) is 0. The highest BCUT2D eigenvalue weighted by atomic mass is 35.5. The zero-order valence-corrected chi connectivity index (χ0v) is 15.3. The van der Waals surface area contributed by atoms with Gasteiger partial charge in [-0.3, -0.25) is 4.90 Å². The molecule has 1 aromatic carbocycles. The number of anilines is 1. The fourth-order valence-corrected chi connectivity index (χ4v) is 2.94. The lowest BCUT2D eigenvalue weighted by Gasteiger charge is -2.33. The first-order valence-electron chi connectivity index (χ1n) is 7.70. The lowest BCUT2D eigenvalue weighted by Crippen LogP contribution is -2.44. The Hall–Kier alpha value is -0.680. The fraction of sp³-hybridized carbons (Fsp3) is 0.625. The average Bonchev–Trinajstić information content (AvgIpc) is 2.49. The molecule has 0 bridgehead atoms. The molecule has 6 heteroatoms. The van der Waals surface area contributed by atoms with Crippen molar-refractivity contribution in [1.82, 2.24) is 10.2 Å². The highest BCUT2D eigenvalue weighted by Gasteiger charge is 2.20. The first-order valence-corrected chi connectivity index (χ1v) is 7.70. The zero-order chi connectivity index (χ0) is 14.5. The number of hydrogen-bond acceptors (Lipinski definition) is 4. The third-order valence-electron chi connectivity index (χ3n) is 4.29. The molecule has 2 N–H and O–H groups in total. The predicted octanol–water partition coefficient (Wildman–Crippen LogP) is 3.05. The van der Waals surface area contributed by atoms with E-state index in [4.69, 9.17) is 0 Å². The van der Waals surface area contributed by atoms with Crippen molar-refractivity contribution in [2.45, 2.75) is 26.8 Å². The topological polar surface area (TPSA) is 38.7 Å². The van der Waals surface area contributed by atoms with E-state index in [0.717, 1.165) is 50.5 Å². The number of hydrogen-bond donors (Lipinski definition) is 2. The van der Waals surface area contributed by atoms with E-state index in [2.05, 4.69) is 48.0 Å². The highest BCUT2D eigenvalue weighted by Crippen LogP contribution is 2.32. The van der Waals surface area contributed by atoms with Gasteiger partial charge in [0, 0.05) is 62.6 Å². The quantitative estimate of drug-likeness (QED) is 0.856. The van der Waals surface area contributed by atoms with Crippen LogP contribution in [0.25, 0.3) is 0 Å². The van der Waals surface area contributed by atoms with Crippen LogP contribution in [0.3, 0.4) is 0 Å². The molecule has 0 unspecified atom stereocenters. The standard InChI is InChI=1S/C16H27N3O.2ClH/c1-4-18(5-2)14-6-7-15(16(20)12-14)13(3)19-10-8-17-9-11-19;;/h6-7,12-13,17,20H,4-5,8-11H2,1-3H3;2*1H/t13-;;/m0../s1. The Morgan fingerprint density at radius 3 is 2.27 bits per heavy atom. The average molecular weight is 350 g/mol. The molecule has 1 fully saturated rings. The summed E-state index contributed by atoms with van der Waals surface area (Å²) in [4.78, 5) is 4.67. The maximum absolute atomic E-state index is 10.4. The van der Waals surface area contributed by atoms with E-state index in [1.807, 2.05) is 6.07 Å². The summed E-state index contributed by atoms with van der Waals surface area (Å²) in [6.45, 7) is 12.5. The van der Waals surface area contributed by atoms with Crippen LogP contribution in [0.15, 0.2) is 18.2 Å². The molecule has 0 amide bonds. The van der Waals surface area contributed by atoms with E-state index in [0.29, 0.717) is 5.75 Å². The summed E-state index contributed by atoms with van der Waals surface area (Å²) in [5.74, 6) is 0.417. The van der Waals surface area contributed by atoms with Crippen LogP contribution in [0.5, 0.6) is 5.75 Å². The number of nitrogens with one attached hydrogen (secondary N) is 1. The van der Waals surface area contributed by atoms with Gasteiger partial charge in [0.2, 0.25) is 0 Å². The minimum Gasteiger partial charge on any atom is -0.508 e. The molecule has 128 valence electrons. The van der Waals surface area contributed by atoms with Crippen LogP contribution in [-0.4, -0.2) is 49.3 Å². The molecule has 1 atom stereocenters. The Balaban J connectivity index is 0.00000220. The molecular formula is C16H29Cl2N3O. The summed E-state index contributed by atoms with van der Waals surface area (Å²) in [5, 5.41) is 13.7. The van der Waals surface area contributed by atoms with Gasteiger partial charge in [0.05, 0.1) is 0 Å². The minimum absolute atomic E-state index is 0. The van der Waals surface area contributed by atoms with Crippen LogP contribution in [-0.2, 0) is 0 Å². The first kappa shape index (κ1) is 21.3. The minimum atomic E-state index is 0. The molecule has 2 rings (SSSR count). The lowest BCUT2D eigenvalue weighted by molar-refractivity contribution is 0.183. The molecule has 1 aliphatic heterocycles. The Morgan fingerprint density at radius 1 is 1.18 bits per heavy atom. The van der Waals surface area contributed by atoms with Crippen LogP contribution in [0.1, 0.15) is 32.4 Å². The van der Waals surface area contributed by atoms with Crippen LogP contribution in [0, 0.1) is 0 Å². The van der Waals surface area contributed by atoms with Gasteiger partial charge in [-0.2, -0.15) is 0 Å². The summed E-state index contributed by atoms with van der Waals surface area (Å²) in [6.07, 6.45) is 0. The van der Waals surface area contributed by atoms with E-state index in [-0.39, 0.29) is 30.9 Å². The van der Waals surface area contributed by atoms with Crippen molar-refractivity contribution in [3.05, 3.63) is 23.8 Å². The van der Waals surface area contributed by atoms with Crippen molar-refractivity contribution in [2.75, 3.05) is 44.2 Å². The number of aromatic hydroxyl groups is 1. The van der Waals surface area contributed by atoms with E-state index < -0.39 is 0 Å². The Labute approximate surface area is 146 Å². The second-order valence-corrected chi connectivity index (χ2v) is 5.38. The van der Waals surface area contributed by atoms with Crippen LogP contribution >= 0.6 is 24.8 Å². The number of phenolic OH excluding ortho intramolecular Hbond substituents is 1. The molecule has 4 nitrogen and oxygen atoms in total. The predicted molar refractivity (Wildman–Crippen MR) is 99.0 cm³/mol. The summed E-state index contributed by atoms with van der Waals surface area (Å²) < 4.78 is 0. The Morgan fingerprint density at radius 2 is 1.77 bits per heavy atom. The van der Waals surface area contributed by atoms with E-state index in [1.54, 1.807) is 0 Å². The first-order chi connectivity index (χ1) is 9.67. The Bertz CT molecular complexity index is 435. The van der Waals surface area contributed by atoms with Crippen molar-refractivity contribution < 1.29 is 5.11 Å². The van der Waals surface area contributed by atoms with Crippen LogP contribution in [0.4, 0.5) is 5.69 Å². The SMILES string of the molecule is CCN(CC)c1ccc([C@H](C)N2CCNCC2)c(O)c1.Cl.Cl. The van der Waals surface area contributed by atoms with E-state index in [9.17, 15) is 5.11 Å². The van der Waals surface area contributed by atoms with Crippen molar-refractivity contribution in [2.24, 2.45) is 0 Å². The largest absolute Gasteiger partial charge is 0.508 e. The van der Waals surface area contributed by atoms with Crippen molar-refractivity contribution >= 4 is 30.5 Å². The lowest BCUT2D eigenvalue weighted by atomic mass is 10.0. The van der Waals surface area contributed by atoms with E-state index >= 15 is 0 Å². The van der Waals surface area contributed by atoms with Gasteiger partial charge in [-0.25, -0.2) is 0 Å². The second-order valence-electron chi connectivity index (χ2n) is 5.38. The fourth-order valence-electron chi connectivity index (χ4n) is 2.94. The number of benzene rings is 1. The van der Waals surface area contributed by atoms with Gasteiger partial charge in [-0.15, -0.1) is 24.8 Å². The van der Waals surface area contributed by atoms with Crippen molar-refractivity contribution in [3.8, 4) is 5.75 Å². The molecule has 0 spiro atoms. The number of halogens is 2. The third kappa shape index (κ3) is 4.92. The molecule has 0 saturated carbocycles. The maximum atomic E-state index is 10.4. The summed E-state index contributed by atoms with van der Waals surface area (Å²) in [6, 6.07) is 6.38. The molecule has 0 aromatic heterocycles. The maximum Gasteiger partial charge on any atom is 0.122 e. The molecule has 0 radical (unpaired) electrons. The molecule has 1 saturated heterocycles. The number of nitrogens with zero attached hydrogens (tertiary/aromatic N) is 2. The second kappa shape index (κ2) is 10.2. The number of phenols is 1. The van der Waals surface area contributed by atoms with Gasteiger partial charge in [0.25, 0.3) is 0 Å². The van der Waals surface area contributed by atoms with E-state index in [1.165, 1.54) is 0 Å². The number of rotatable bonds is 5. The number of piperazine rings is 1. The molecule has 0 aliphatic carbocycles. The van der Waals surface area contributed by atoms with Gasteiger partial charge in [-0.1, -0.05) is 6.07 Å². The van der Waals surface area contributed by atoms with Gasteiger partial charge in [-0.05, 0) is 26.8 Å². The zero-order valence-electron chi connectivity index (χ0n) is 13.7. The summed E-state index contributed by atoms with van der Waals surface area (Å²) >= 11 is 0. The highest BCUT2D eigenvalue weighted by molar-refractivity contribution is 5.85. The smallest absolute Gasteiger partial charge is 0.122 e. The van der Waals surface area contributed by atoms with Gasteiger partial charge in [0.15, 0.2) is 0 Å². The van der Waals surface area contributed by atoms with Crippen molar-refractivity contribution in [3.63, 3.8) is 0 Å². The molecular weight excluding hydrogens is 321 g/mol. The van der Waals surface area contributed by atoms with Crippen LogP contribution in [0.2, 0.25) is 0 Å². The van der Waals surface area contributed by atoms with Gasteiger partial charge >= 0.3 is 0 Å². The molecule has 1 aliphatic rings. The summed E-state index contributed by atoms with van der Waals surface area (Å²) in [5.41, 5.74) is 2.13. The van der Waals surface area contributed by atoms with Crippen LogP contribution < -0.4 is 10.2 Å². The molecule has 1 heterocycles. The van der Waals surface area contributed by atoms with Gasteiger partial charge < -0.3 is 15.3 Å².